The van der Waals surface area contributed by atoms with Crippen LogP contribution in [-0.4, -0.2) is 218 Å². The normalized spacial score (nSPS) is 14.8. The second-order valence-corrected chi connectivity index (χ2v) is 20.6. The Hall–Kier alpha value is -7.97. The number of carbonyl (C=O) groups is 14. The molecule has 0 aliphatic rings. The number of nitrogens with two attached hydrogens (primary N) is 5. The molecule has 0 spiro atoms. The highest BCUT2D eigenvalue weighted by Crippen LogP contribution is 2.12. The van der Waals surface area contributed by atoms with E-state index in [4.69, 9.17) is 28.7 Å². The van der Waals surface area contributed by atoms with Crippen molar-refractivity contribution < 1.29 is 82.4 Å². The van der Waals surface area contributed by atoms with Crippen LogP contribution < -0.4 is 81.8 Å². The monoisotopic (exact) mass is 1260 g/mol. The Kier molecular flexibility index (Phi) is 34.9. The van der Waals surface area contributed by atoms with Crippen LogP contribution >= 0.6 is 37.0 Å². The number of amides is 12. The van der Waals surface area contributed by atoms with Crippen LogP contribution in [0.2, 0.25) is 0 Å². The number of hydrogen-bond acceptors (Lipinski definition) is 21. The number of thioether (sulfide) groups is 1. The highest BCUT2D eigenvalue weighted by Gasteiger charge is 2.36. The third-order valence-corrected chi connectivity index (χ3v) is 13.6. The number of rotatable bonds is 42. The second-order valence-electron chi connectivity index (χ2n) is 18.9. The third kappa shape index (κ3) is 28.9. The van der Waals surface area contributed by atoms with Crippen molar-refractivity contribution in [3.05, 3.63) is 18.2 Å². The molecule has 0 aliphatic heterocycles. The second kappa shape index (κ2) is 39.5. The molecule has 0 saturated carbocycles. The maximum atomic E-state index is 14.2. The smallest absolute Gasteiger partial charge is 0.327 e. The number of aliphatic imine (C=N–C) groups is 1. The lowest BCUT2D eigenvalue weighted by molar-refractivity contribution is -0.142. The molecule has 24 N–H and O–H groups in total. The summed E-state index contributed by atoms with van der Waals surface area (Å²) in [6, 6.07) is -15.8. The molecule has 38 heteroatoms. The fourth-order valence-corrected chi connectivity index (χ4v) is 8.20. The number of carboxylic acids is 2. The molecule has 0 radical (unpaired) electrons. The maximum Gasteiger partial charge on any atom is 0.327 e. The van der Waals surface area contributed by atoms with Gasteiger partial charge in [-0.3, -0.25) is 67.3 Å². The van der Waals surface area contributed by atoms with Gasteiger partial charge in [-0.25, -0.2) is 9.78 Å². The fraction of sp³-hybridized carbons (Fsp3) is 0.617. The summed E-state index contributed by atoms with van der Waals surface area (Å²) in [7, 11) is 0. The predicted molar refractivity (Wildman–Crippen MR) is 310 cm³/mol. The lowest BCUT2D eigenvalue weighted by Gasteiger charge is -2.28. The van der Waals surface area contributed by atoms with Gasteiger partial charge in [0.25, 0.3) is 0 Å². The molecule has 0 unspecified atom stereocenters. The highest BCUT2D eigenvalue weighted by molar-refractivity contribution is 7.98. The standard InChI is InChI=1S/C47H78N18O17S3/c1-4-21(2)36(65-37(72)23(48)18-83)45(80)62-27(12-22-15-53-20-56-22)41(76)58-24(6-5-10-54-47(51)52)39(74)63-30(17-66)44(79)61-28(13-32(49)67)42(77)59-25(7-8-35(70)71)38(73)55-16-34(69)57-26(9-11-85-3)40(75)60-29(14-33(50)68)43(78)64-31(19-84)46(81)82/h15,20-21,23-31,36,66,83-84H,4-14,16-19,48H2,1-3H3,(H2,49,67)(H2,50,68)(H,53,56)(H,55,73)(H,57,69)(H,58,76)(H,59,77)(H,60,75)(H,61,79)(H,62,80)(H,63,74)(H,64,78)(H,65,72)(H,70,71)(H,81,82)(H4,51,52,54)/t21-,23-,24-,25-,26-,27-,28-,29-,30-,31-,36-/m0/s1. The van der Waals surface area contributed by atoms with E-state index in [2.05, 4.69) is 93.4 Å². The summed E-state index contributed by atoms with van der Waals surface area (Å²) in [6.07, 6.45) is 0.917. The Morgan fingerprint density at radius 1 is 0.635 bits per heavy atom. The van der Waals surface area contributed by atoms with Crippen molar-refractivity contribution in [2.75, 3.05) is 43.2 Å². The molecule has 0 saturated heterocycles. The van der Waals surface area contributed by atoms with Crippen LogP contribution in [-0.2, 0) is 73.5 Å². The Bertz CT molecular complexity index is 2510. The molecule has 35 nitrogen and oxygen atoms in total. The van der Waals surface area contributed by atoms with Crippen LogP contribution in [0.5, 0.6) is 0 Å². The Morgan fingerprint density at radius 3 is 1.60 bits per heavy atom. The summed E-state index contributed by atoms with van der Waals surface area (Å²) >= 11 is 9.13. The molecule has 1 aromatic heterocycles. The Morgan fingerprint density at radius 2 is 1.13 bits per heavy atom. The van der Waals surface area contributed by atoms with E-state index < -0.39 is 188 Å². The van der Waals surface area contributed by atoms with Gasteiger partial charge in [-0.1, -0.05) is 20.3 Å². The van der Waals surface area contributed by atoms with Gasteiger partial charge >= 0.3 is 11.9 Å². The molecule has 12 amide bonds. The van der Waals surface area contributed by atoms with Crippen molar-refractivity contribution in [1.29, 1.82) is 0 Å². The van der Waals surface area contributed by atoms with E-state index in [0.717, 1.165) is 0 Å². The number of carboxylic acid groups (broad SMARTS) is 2. The predicted octanol–water partition coefficient (Wildman–Crippen LogP) is -8.84. The van der Waals surface area contributed by atoms with E-state index in [1.807, 2.05) is 0 Å². The van der Waals surface area contributed by atoms with Crippen LogP contribution in [0.25, 0.3) is 0 Å². The summed E-state index contributed by atoms with van der Waals surface area (Å²) in [5, 5.41) is 52.2. The number of aliphatic carboxylic acids is 2. The van der Waals surface area contributed by atoms with Gasteiger partial charge in [0, 0.05) is 42.8 Å². The molecule has 476 valence electrons. The van der Waals surface area contributed by atoms with Crippen molar-refractivity contribution in [3.8, 4) is 0 Å². The van der Waals surface area contributed by atoms with Gasteiger partial charge in [0.15, 0.2) is 5.96 Å². The number of aromatic amines is 1. The molecular formula is C47H78N18O17S3. The van der Waals surface area contributed by atoms with E-state index in [1.54, 1.807) is 20.1 Å². The molecule has 1 heterocycles. The number of imidazole rings is 1. The number of hydrogen-bond donors (Lipinski definition) is 21. The van der Waals surface area contributed by atoms with Gasteiger partial charge < -0.3 is 102 Å². The van der Waals surface area contributed by atoms with Crippen LogP contribution in [0.1, 0.15) is 70.9 Å². The maximum absolute atomic E-state index is 14.2. The molecule has 0 aromatic carbocycles. The molecule has 11 atom stereocenters. The number of nitrogens with zero attached hydrogens (tertiary/aromatic N) is 2. The van der Waals surface area contributed by atoms with Crippen LogP contribution in [0.3, 0.4) is 0 Å². The number of H-pyrrole nitrogens is 1. The SMILES string of the molecule is CC[C@H](C)[C@H](NC(=O)[C@@H](N)CS)C(=O)N[C@@H](Cc1cnc[nH]1)C(=O)N[C@@H](CCCN=C(N)N)C(=O)N[C@@H](CO)C(=O)N[C@@H](CC(N)=O)C(=O)N[C@@H](CCC(=O)O)C(=O)NCC(=O)N[C@@H](CCSC)C(=O)N[C@@H](CC(N)=O)C(=O)N[C@@H](CS)C(=O)O. The number of aliphatic hydroxyl groups is 1. The van der Waals surface area contributed by atoms with E-state index in [1.165, 1.54) is 24.3 Å². The van der Waals surface area contributed by atoms with Gasteiger partial charge in [0.2, 0.25) is 70.9 Å². The number of nitrogens with one attached hydrogen (secondary N) is 11. The molecule has 85 heavy (non-hydrogen) atoms. The van der Waals surface area contributed by atoms with Crippen molar-refractivity contribution in [2.24, 2.45) is 39.6 Å². The minimum absolute atomic E-state index is 0.00719. The largest absolute Gasteiger partial charge is 0.481 e. The first-order chi connectivity index (χ1) is 40.0. The molecule has 0 aliphatic carbocycles. The van der Waals surface area contributed by atoms with Crippen LogP contribution in [0.4, 0.5) is 0 Å². The number of thiol groups is 2. The van der Waals surface area contributed by atoms with Crippen molar-refractivity contribution >= 4 is 126 Å². The van der Waals surface area contributed by atoms with E-state index >= 15 is 0 Å². The van der Waals surface area contributed by atoms with Crippen molar-refractivity contribution in [2.45, 2.75) is 132 Å². The van der Waals surface area contributed by atoms with Crippen LogP contribution in [0, 0.1) is 5.92 Å². The Balaban J connectivity index is 3.44. The van der Waals surface area contributed by atoms with E-state index in [-0.39, 0.29) is 55.4 Å². The average Bonchev–Trinajstić information content (AvgIpc) is 4.02. The number of aliphatic hydroxyl groups excluding tert-OH is 1. The minimum Gasteiger partial charge on any atom is -0.481 e. The summed E-state index contributed by atoms with van der Waals surface area (Å²) < 4.78 is 0. The summed E-state index contributed by atoms with van der Waals surface area (Å²) in [4.78, 5) is 193. The van der Waals surface area contributed by atoms with Gasteiger partial charge in [0.1, 0.15) is 54.4 Å². The molecule has 1 rings (SSSR count). The topological polar surface area (TPSA) is 591 Å². The highest BCUT2D eigenvalue weighted by atomic mass is 32.2. The van der Waals surface area contributed by atoms with Gasteiger partial charge in [-0.05, 0) is 43.6 Å². The van der Waals surface area contributed by atoms with Gasteiger partial charge in [0.05, 0.1) is 38.4 Å². The summed E-state index contributed by atoms with van der Waals surface area (Å²) in [5.41, 5.74) is 27.7. The summed E-state index contributed by atoms with van der Waals surface area (Å²) in [5.74, 6) is -16.9. The first-order valence-corrected chi connectivity index (χ1v) is 28.8. The lowest BCUT2D eigenvalue weighted by Crippen LogP contribution is -2.61. The lowest BCUT2D eigenvalue weighted by atomic mass is 9.97. The first kappa shape index (κ1) is 75.0. The Labute approximate surface area is 502 Å². The zero-order valence-electron chi connectivity index (χ0n) is 46.8. The first-order valence-electron chi connectivity index (χ1n) is 26.1. The number of carbonyl (C=O) groups excluding carboxylic acids is 12. The minimum atomic E-state index is -2.00. The van der Waals surface area contributed by atoms with Crippen LogP contribution in [0.15, 0.2) is 17.5 Å². The fourth-order valence-electron chi connectivity index (χ4n) is 7.32. The van der Waals surface area contributed by atoms with Crippen molar-refractivity contribution in [1.82, 2.24) is 63.1 Å². The van der Waals surface area contributed by atoms with Crippen molar-refractivity contribution in [3.63, 3.8) is 0 Å². The molecule has 1 aromatic rings. The molecule has 0 bridgehead atoms. The quantitative estimate of drug-likeness (QED) is 0.0125. The number of aromatic nitrogens is 2. The van der Waals surface area contributed by atoms with Gasteiger partial charge in [-0.2, -0.15) is 37.0 Å². The number of guanidine groups is 1. The van der Waals surface area contributed by atoms with E-state index in [0.29, 0.717) is 12.1 Å². The number of primary amides is 2. The average molecular weight is 1260 g/mol. The van der Waals surface area contributed by atoms with E-state index in [9.17, 15) is 82.4 Å². The van der Waals surface area contributed by atoms with Gasteiger partial charge in [-0.15, -0.1) is 0 Å². The molecule has 0 fully saturated rings. The summed E-state index contributed by atoms with van der Waals surface area (Å²) in [6.45, 7) is 1.23. The zero-order chi connectivity index (χ0) is 64.5. The zero-order valence-corrected chi connectivity index (χ0v) is 49.4. The molecular weight excluding hydrogens is 1180 g/mol. The third-order valence-electron chi connectivity index (χ3n) is 12.2.